The number of benzene rings is 2. The van der Waals surface area contributed by atoms with Crippen LogP contribution >= 0.6 is 0 Å². The molecular weight excluding hydrogens is 324 g/mol. The number of aliphatic carboxylic acids is 2. The van der Waals surface area contributed by atoms with E-state index in [1.54, 1.807) is 18.2 Å². The van der Waals surface area contributed by atoms with Gasteiger partial charge in [0.2, 0.25) is 0 Å². The SMILES string of the molecule is O=C(O)CN(CC(=O)O)/N=C\c1ccccc1OCc1ccccc1. The average Bonchev–Trinajstić information content (AvgIpc) is 2.58. The van der Waals surface area contributed by atoms with Gasteiger partial charge in [-0.2, -0.15) is 5.10 Å². The van der Waals surface area contributed by atoms with Crippen LogP contribution in [0.15, 0.2) is 59.7 Å². The minimum atomic E-state index is -1.16. The number of carbonyl (C=O) groups is 2. The maximum Gasteiger partial charge on any atom is 0.324 e. The van der Waals surface area contributed by atoms with Crippen LogP contribution in [0.25, 0.3) is 0 Å². The quantitative estimate of drug-likeness (QED) is 0.535. The van der Waals surface area contributed by atoms with Gasteiger partial charge in [-0.3, -0.25) is 14.6 Å². The molecule has 2 aromatic rings. The van der Waals surface area contributed by atoms with Gasteiger partial charge in [-0.05, 0) is 17.7 Å². The fourth-order valence-corrected chi connectivity index (χ4v) is 2.05. The van der Waals surface area contributed by atoms with Crippen LogP contribution in [-0.2, 0) is 16.2 Å². The lowest BCUT2D eigenvalue weighted by atomic mass is 10.2. The first-order valence-electron chi connectivity index (χ1n) is 7.53. The number of hydrogen-bond acceptors (Lipinski definition) is 5. The summed E-state index contributed by atoms with van der Waals surface area (Å²) in [6.07, 6.45) is 1.40. The summed E-state index contributed by atoms with van der Waals surface area (Å²) in [4.78, 5) is 21.6. The van der Waals surface area contributed by atoms with Crippen LogP contribution in [0, 0.1) is 0 Å². The minimum absolute atomic E-state index is 0.375. The Bertz CT molecular complexity index is 730. The summed E-state index contributed by atoms with van der Waals surface area (Å²) in [6.45, 7) is -0.634. The van der Waals surface area contributed by atoms with Crippen molar-refractivity contribution in [1.82, 2.24) is 5.01 Å². The van der Waals surface area contributed by atoms with Crippen LogP contribution in [0.5, 0.6) is 5.75 Å². The number of carboxylic acid groups (broad SMARTS) is 2. The second-order valence-electron chi connectivity index (χ2n) is 5.17. The van der Waals surface area contributed by atoms with E-state index >= 15 is 0 Å². The zero-order valence-corrected chi connectivity index (χ0v) is 13.4. The van der Waals surface area contributed by atoms with E-state index in [1.807, 2.05) is 36.4 Å². The molecule has 2 rings (SSSR count). The molecule has 2 N–H and O–H groups in total. The summed E-state index contributed by atoms with van der Waals surface area (Å²) in [6, 6.07) is 16.8. The van der Waals surface area contributed by atoms with Crippen LogP contribution in [-0.4, -0.2) is 46.5 Å². The van der Waals surface area contributed by atoms with E-state index in [9.17, 15) is 9.59 Å². The third kappa shape index (κ3) is 6.34. The van der Waals surface area contributed by atoms with Crippen LogP contribution in [0.2, 0.25) is 0 Å². The van der Waals surface area contributed by atoms with Crippen molar-refractivity contribution < 1.29 is 24.5 Å². The smallest absolute Gasteiger partial charge is 0.324 e. The Morgan fingerprint density at radius 1 is 0.960 bits per heavy atom. The highest BCUT2D eigenvalue weighted by Gasteiger charge is 2.11. The Kier molecular flexibility index (Phi) is 6.53. The number of hydrazone groups is 1. The molecule has 0 amide bonds. The number of carboxylic acids is 2. The van der Waals surface area contributed by atoms with E-state index in [0.717, 1.165) is 10.6 Å². The Balaban J connectivity index is 2.09. The van der Waals surface area contributed by atoms with Gasteiger partial charge < -0.3 is 14.9 Å². The third-order valence-corrected chi connectivity index (χ3v) is 3.15. The van der Waals surface area contributed by atoms with Gasteiger partial charge in [0.1, 0.15) is 25.4 Å². The Labute approximate surface area is 144 Å². The molecule has 0 saturated carbocycles. The zero-order valence-electron chi connectivity index (χ0n) is 13.4. The molecule has 0 aliphatic rings. The largest absolute Gasteiger partial charge is 0.488 e. The second-order valence-corrected chi connectivity index (χ2v) is 5.17. The van der Waals surface area contributed by atoms with E-state index in [4.69, 9.17) is 14.9 Å². The van der Waals surface area contributed by atoms with Gasteiger partial charge in [-0.1, -0.05) is 42.5 Å². The topological polar surface area (TPSA) is 99.4 Å². The number of para-hydroxylation sites is 1. The monoisotopic (exact) mass is 342 g/mol. The van der Waals surface area contributed by atoms with Crippen molar-refractivity contribution in [1.29, 1.82) is 0 Å². The van der Waals surface area contributed by atoms with Crippen molar-refractivity contribution >= 4 is 18.2 Å². The van der Waals surface area contributed by atoms with Crippen molar-refractivity contribution in [3.63, 3.8) is 0 Å². The van der Waals surface area contributed by atoms with E-state index in [-0.39, 0.29) is 0 Å². The van der Waals surface area contributed by atoms with Crippen LogP contribution < -0.4 is 4.74 Å². The van der Waals surface area contributed by atoms with Gasteiger partial charge >= 0.3 is 11.9 Å². The van der Waals surface area contributed by atoms with Crippen molar-refractivity contribution in [2.24, 2.45) is 5.10 Å². The van der Waals surface area contributed by atoms with E-state index in [1.165, 1.54) is 6.21 Å². The summed E-state index contributed by atoms with van der Waals surface area (Å²) in [5.41, 5.74) is 1.63. The van der Waals surface area contributed by atoms with Gasteiger partial charge in [0, 0.05) is 5.56 Å². The molecule has 2 aromatic carbocycles. The lowest BCUT2D eigenvalue weighted by Crippen LogP contribution is -2.30. The van der Waals surface area contributed by atoms with Crippen molar-refractivity contribution in [3.05, 3.63) is 65.7 Å². The first-order valence-corrected chi connectivity index (χ1v) is 7.53. The van der Waals surface area contributed by atoms with Gasteiger partial charge in [0.25, 0.3) is 0 Å². The molecule has 0 bridgehead atoms. The Morgan fingerprint density at radius 2 is 1.56 bits per heavy atom. The van der Waals surface area contributed by atoms with Gasteiger partial charge in [-0.25, -0.2) is 0 Å². The lowest BCUT2D eigenvalue weighted by molar-refractivity contribution is -0.141. The highest BCUT2D eigenvalue weighted by molar-refractivity contribution is 5.83. The Morgan fingerprint density at radius 3 is 2.20 bits per heavy atom. The molecule has 0 heterocycles. The van der Waals surface area contributed by atoms with Gasteiger partial charge in [-0.15, -0.1) is 0 Å². The first kappa shape index (κ1) is 18.0. The fraction of sp³-hybridized carbons (Fsp3) is 0.167. The van der Waals surface area contributed by atoms with E-state index in [2.05, 4.69) is 5.10 Å². The highest BCUT2D eigenvalue weighted by Crippen LogP contribution is 2.17. The summed E-state index contributed by atoms with van der Waals surface area (Å²) < 4.78 is 5.78. The summed E-state index contributed by atoms with van der Waals surface area (Å²) in [7, 11) is 0. The summed E-state index contributed by atoms with van der Waals surface area (Å²) in [5.74, 6) is -1.75. The molecule has 0 radical (unpaired) electrons. The molecule has 0 fully saturated rings. The van der Waals surface area contributed by atoms with Crippen LogP contribution in [0.3, 0.4) is 0 Å². The minimum Gasteiger partial charge on any atom is -0.488 e. The molecule has 7 nitrogen and oxygen atoms in total. The molecular formula is C18H18N2O5. The predicted molar refractivity (Wildman–Crippen MR) is 91.7 cm³/mol. The van der Waals surface area contributed by atoms with Crippen LogP contribution in [0.4, 0.5) is 0 Å². The summed E-state index contributed by atoms with van der Waals surface area (Å²) >= 11 is 0. The van der Waals surface area contributed by atoms with E-state index in [0.29, 0.717) is 17.9 Å². The number of ether oxygens (including phenoxy) is 1. The standard InChI is InChI=1S/C18H18N2O5/c21-17(22)11-20(12-18(23)24)19-10-15-8-4-5-9-16(15)25-13-14-6-2-1-3-7-14/h1-10H,11-13H2,(H,21,22)(H,23,24)/b19-10-. The van der Waals surface area contributed by atoms with Gasteiger partial charge in [0.05, 0.1) is 6.21 Å². The predicted octanol–water partition coefficient (Wildman–Crippen LogP) is 2.07. The zero-order chi connectivity index (χ0) is 18.1. The second kappa shape index (κ2) is 9.07. The number of nitrogens with zero attached hydrogens (tertiary/aromatic N) is 2. The summed E-state index contributed by atoms with van der Waals surface area (Å²) in [5, 5.41) is 22.6. The molecule has 0 aliphatic heterocycles. The number of hydrogen-bond donors (Lipinski definition) is 2. The molecule has 0 unspecified atom stereocenters. The van der Waals surface area contributed by atoms with Crippen LogP contribution in [0.1, 0.15) is 11.1 Å². The average molecular weight is 342 g/mol. The molecule has 0 atom stereocenters. The fourth-order valence-electron chi connectivity index (χ4n) is 2.05. The number of rotatable bonds is 9. The lowest BCUT2D eigenvalue weighted by Gasteiger charge is -2.14. The molecule has 25 heavy (non-hydrogen) atoms. The molecule has 130 valence electrons. The maximum atomic E-state index is 10.8. The van der Waals surface area contributed by atoms with Crippen molar-refractivity contribution in [2.75, 3.05) is 13.1 Å². The van der Waals surface area contributed by atoms with Crippen molar-refractivity contribution in [2.45, 2.75) is 6.61 Å². The maximum absolute atomic E-state index is 10.8. The first-order chi connectivity index (χ1) is 12.0. The highest BCUT2D eigenvalue weighted by atomic mass is 16.5. The molecule has 0 aliphatic carbocycles. The third-order valence-electron chi connectivity index (χ3n) is 3.15. The normalized spacial score (nSPS) is 10.6. The van der Waals surface area contributed by atoms with E-state index < -0.39 is 25.0 Å². The Hall–Kier alpha value is -3.35. The van der Waals surface area contributed by atoms with Gasteiger partial charge in [0.15, 0.2) is 0 Å². The molecule has 0 aromatic heterocycles. The molecule has 7 heteroatoms. The van der Waals surface area contributed by atoms with Crippen molar-refractivity contribution in [3.8, 4) is 5.75 Å². The molecule has 0 saturated heterocycles. The molecule has 0 spiro atoms.